The van der Waals surface area contributed by atoms with Crippen LogP contribution in [0.3, 0.4) is 0 Å². The molecule has 0 aromatic heterocycles. The van der Waals surface area contributed by atoms with Gasteiger partial charge in [0.05, 0.1) is 49.2 Å². The first-order valence-corrected chi connectivity index (χ1v) is 13.4. The van der Waals surface area contributed by atoms with Gasteiger partial charge in [0.2, 0.25) is 5.91 Å². The fourth-order valence-corrected chi connectivity index (χ4v) is 6.78. The summed E-state index contributed by atoms with van der Waals surface area (Å²) in [6.07, 6.45) is 0. The number of amides is 1. The minimum Gasteiger partial charge on any atom is -0.497 e. The van der Waals surface area contributed by atoms with Gasteiger partial charge in [0.1, 0.15) is 11.5 Å². The SMILES string of the molecule is COc1ccc(OC)c(N2C(SCC(=O)Nc3ccc(Br)cc3)=N[C@@H]3CS(=O)(=O)C[C@H]32)c1. The number of carbonyl (C=O) groups is 1. The van der Waals surface area contributed by atoms with Crippen molar-refractivity contribution in [2.45, 2.75) is 12.1 Å². The lowest BCUT2D eigenvalue weighted by Crippen LogP contribution is -2.39. The van der Waals surface area contributed by atoms with Crippen LogP contribution in [0.25, 0.3) is 0 Å². The number of nitrogens with one attached hydrogen (secondary N) is 1. The summed E-state index contributed by atoms with van der Waals surface area (Å²) >= 11 is 4.64. The molecule has 1 fully saturated rings. The summed E-state index contributed by atoms with van der Waals surface area (Å²) < 4.78 is 36.4. The zero-order chi connectivity index (χ0) is 22.9. The highest BCUT2D eigenvalue weighted by atomic mass is 79.9. The lowest BCUT2D eigenvalue weighted by atomic mass is 10.1. The lowest BCUT2D eigenvalue weighted by Gasteiger charge is -2.28. The molecular weight excluding hydrogens is 518 g/mol. The second kappa shape index (κ2) is 9.32. The number of ether oxygens (including phenoxy) is 2. The molecule has 2 aromatic rings. The molecule has 32 heavy (non-hydrogen) atoms. The van der Waals surface area contributed by atoms with Gasteiger partial charge in [-0.2, -0.15) is 0 Å². The molecule has 0 radical (unpaired) electrons. The Morgan fingerprint density at radius 1 is 1.19 bits per heavy atom. The number of hydrogen-bond donors (Lipinski definition) is 1. The monoisotopic (exact) mass is 539 g/mol. The predicted octanol–water partition coefficient (Wildman–Crippen LogP) is 3.18. The van der Waals surface area contributed by atoms with E-state index in [1.165, 1.54) is 11.8 Å². The largest absolute Gasteiger partial charge is 0.497 e. The fraction of sp³-hybridized carbons (Fsp3) is 0.333. The molecule has 8 nitrogen and oxygen atoms in total. The molecule has 0 unspecified atom stereocenters. The van der Waals surface area contributed by atoms with Crippen LogP contribution in [0.4, 0.5) is 11.4 Å². The Balaban J connectivity index is 1.57. The smallest absolute Gasteiger partial charge is 0.234 e. The molecule has 0 bridgehead atoms. The summed E-state index contributed by atoms with van der Waals surface area (Å²) in [6, 6.07) is 11.9. The summed E-state index contributed by atoms with van der Waals surface area (Å²) in [6.45, 7) is 0. The summed E-state index contributed by atoms with van der Waals surface area (Å²) in [4.78, 5) is 19.1. The quantitative estimate of drug-likeness (QED) is 0.601. The molecule has 170 valence electrons. The Morgan fingerprint density at radius 2 is 1.94 bits per heavy atom. The standard InChI is InChI=1S/C21H22BrN3O5S2/c1-29-15-7-8-19(30-2)17(9-15)25-18-12-32(27,28)11-16(18)24-21(25)31-10-20(26)23-14-5-3-13(22)4-6-14/h3-9,16,18H,10-12H2,1-2H3,(H,23,26)/t16-,18-/m1/s1. The number of nitrogens with zero attached hydrogens (tertiary/aromatic N) is 2. The second-order valence-corrected chi connectivity index (χ2v) is 11.4. The maximum absolute atomic E-state index is 12.5. The zero-order valence-electron chi connectivity index (χ0n) is 17.4. The van der Waals surface area contributed by atoms with Crippen LogP contribution in [-0.4, -0.2) is 63.1 Å². The summed E-state index contributed by atoms with van der Waals surface area (Å²) in [5.74, 6) is 1.13. The maximum Gasteiger partial charge on any atom is 0.234 e. The van der Waals surface area contributed by atoms with Crippen molar-refractivity contribution in [1.29, 1.82) is 0 Å². The van der Waals surface area contributed by atoms with Crippen LogP contribution in [-0.2, 0) is 14.6 Å². The Morgan fingerprint density at radius 3 is 2.62 bits per heavy atom. The Hall–Kier alpha value is -2.24. The van der Waals surface area contributed by atoms with E-state index in [4.69, 9.17) is 9.47 Å². The van der Waals surface area contributed by atoms with Crippen LogP contribution in [0.1, 0.15) is 0 Å². The number of halogens is 1. The fourth-order valence-electron chi connectivity index (χ4n) is 3.76. The molecule has 1 amide bonds. The van der Waals surface area contributed by atoms with Gasteiger partial charge in [-0.15, -0.1) is 0 Å². The van der Waals surface area contributed by atoms with Crippen LogP contribution in [0, 0.1) is 0 Å². The van der Waals surface area contributed by atoms with Crippen molar-refractivity contribution >= 4 is 60.0 Å². The topological polar surface area (TPSA) is 97.3 Å². The molecular formula is C21H22BrN3O5S2. The molecule has 1 saturated heterocycles. The van der Waals surface area contributed by atoms with Crippen LogP contribution < -0.4 is 19.7 Å². The van der Waals surface area contributed by atoms with E-state index in [9.17, 15) is 13.2 Å². The molecule has 2 atom stereocenters. The number of methoxy groups -OCH3 is 2. The number of sulfone groups is 1. The average molecular weight is 540 g/mol. The number of fused-ring (bicyclic) bond motifs is 1. The van der Waals surface area contributed by atoms with Gasteiger partial charge in [-0.1, -0.05) is 27.7 Å². The second-order valence-electron chi connectivity index (χ2n) is 7.37. The molecule has 0 spiro atoms. The maximum atomic E-state index is 12.5. The number of aliphatic imine (C=N–C) groups is 1. The third-order valence-corrected chi connectivity index (χ3v) is 8.41. The minimum atomic E-state index is -3.19. The highest BCUT2D eigenvalue weighted by molar-refractivity contribution is 9.10. The van der Waals surface area contributed by atoms with Gasteiger partial charge in [0.25, 0.3) is 0 Å². The van der Waals surface area contributed by atoms with E-state index in [0.717, 1.165) is 4.47 Å². The van der Waals surface area contributed by atoms with Crippen molar-refractivity contribution < 1.29 is 22.7 Å². The van der Waals surface area contributed by atoms with Gasteiger partial charge in [0, 0.05) is 16.2 Å². The molecule has 2 aromatic carbocycles. The van der Waals surface area contributed by atoms with Gasteiger partial charge >= 0.3 is 0 Å². The number of carbonyl (C=O) groups excluding carboxylic acids is 1. The molecule has 2 heterocycles. The van der Waals surface area contributed by atoms with Crippen LogP contribution in [0.2, 0.25) is 0 Å². The van der Waals surface area contributed by atoms with Gasteiger partial charge in [-0.25, -0.2) is 8.42 Å². The first kappa shape index (κ1) is 22.9. The molecule has 0 saturated carbocycles. The van der Waals surface area contributed by atoms with Crippen LogP contribution in [0.15, 0.2) is 51.9 Å². The molecule has 4 rings (SSSR count). The lowest BCUT2D eigenvalue weighted by molar-refractivity contribution is -0.113. The normalized spacial score (nSPS) is 21.1. The molecule has 0 aliphatic carbocycles. The van der Waals surface area contributed by atoms with E-state index in [1.54, 1.807) is 32.4 Å². The van der Waals surface area contributed by atoms with Gasteiger partial charge < -0.3 is 19.7 Å². The van der Waals surface area contributed by atoms with Gasteiger partial charge in [-0.05, 0) is 36.4 Å². The van der Waals surface area contributed by atoms with E-state index in [2.05, 4.69) is 26.2 Å². The predicted molar refractivity (Wildman–Crippen MR) is 131 cm³/mol. The van der Waals surface area contributed by atoms with E-state index >= 15 is 0 Å². The van der Waals surface area contributed by atoms with Crippen molar-refractivity contribution in [3.05, 3.63) is 46.9 Å². The Kier molecular flexibility index (Phi) is 6.68. The molecule has 2 aliphatic rings. The Labute approximate surface area is 199 Å². The minimum absolute atomic E-state index is 0.00329. The van der Waals surface area contributed by atoms with E-state index in [1.807, 2.05) is 29.2 Å². The highest BCUT2D eigenvalue weighted by Gasteiger charge is 2.48. The number of hydrogen-bond acceptors (Lipinski definition) is 8. The number of amidine groups is 1. The van der Waals surface area contributed by atoms with Crippen molar-refractivity contribution in [2.75, 3.05) is 41.7 Å². The number of thioether (sulfide) groups is 1. The zero-order valence-corrected chi connectivity index (χ0v) is 20.7. The van der Waals surface area contributed by atoms with E-state index in [0.29, 0.717) is 28.0 Å². The average Bonchev–Trinajstić information content (AvgIpc) is 3.24. The van der Waals surface area contributed by atoms with Gasteiger partial charge in [-0.3, -0.25) is 9.79 Å². The summed E-state index contributed by atoms with van der Waals surface area (Å²) in [5, 5.41) is 3.45. The first-order valence-electron chi connectivity index (χ1n) is 9.77. The van der Waals surface area contributed by atoms with E-state index in [-0.39, 0.29) is 35.2 Å². The first-order chi connectivity index (χ1) is 15.3. The number of benzene rings is 2. The Bertz CT molecular complexity index is 1150. The van der Waals surface area contributed by atoms with Gasteiger partial charge in [0.15, 0.2) is 15.0 Å². The molecule has 1 N–H and O–H groups in total. The van der Waals surface area contributed by atoms with Crippen LogP contribution in [0.5, 0.6) is 11.5 Å². The van der Waals surface area contributed by atoms with Crippen molar-refractivity contribution in [2.24, 2.45) is 4.99 Å². The van der Waals surface area contributed by atoms with E-state index < -0.39 is 9.84 Å². The van der Waals surface area contributed by atoms with Crippen molar-refractivity contribution in [3.8, 4) is 11.5 Å². The van der Waals surface area contributed by atoms with Crippen molar-refractivity contribution in [3.63, 3.8) is 0 Å². The third-order valence-electron chi connectivity index (χ3n) is 5.21. The molecule has 11 heteroatoms. The third kappa shape index (κ3) is 4.89. The number of anilines is 2. The number of rotatable bonds is 6. The van der Waals surface area contributed by atoms with Crippen LogP contribution >= 0.6 is 27.7 Å². The summed E-state index contributed by atoms with van der Waals surface area (Å²) in [5.41, 5.74) is 1.36. The highest BCUT2D eigenvalue weighted by Crippen LogP contribution is 2.41. The molecule has 2 aliphatic heterocycles. The summed E-state index contributed by atoms with van der Waals surface area (Å²) in [7, 11) is -0.0743. The van der Waals surface area contributed by atoms with Crippen molar-refractivity contribution in [1.82, 2.24) is 0 Å².